The van der Waals surface area contributed by atoms with Gasteiger partial charge in [0.1, 0.15) is 12.3 Å². The van der Waals surface area contributed by atoms with E-state index in [0.717, 1.165) is 11.3 Å². The Morgan fingerprint density at radius 3 is 2.50 bits per heavy atom. The van der Waals surface area contributed by atoms with Crippen molar-refractivity contribution >= 4 is 23.2 Å². The highest BCUT2D eigenvalue weighted by atomic mass is 16.5. The molecule has 0 N–H and O–H groups in total. The number of carbonyl (C=O) groups is 2. The fourth-order valence-electron chi connectivity index (χ4n) is 2.88. The number of anilines is 2. The lowest BCUT2D eigenvalue weighted by Crippen LogP contribution is -2.45. The van der Waals surface area contributed by atoms with Crippen LogP contribution in [-0.4, -0.2) is 32.0 Å². The number of amides is 2. The molecule has 0 spiro atoms. The van der Waals surface area contributed by atoms with Gasteiger partial charge in [-0.1, -0.05) is 45.0 Å². The number of hydrogen-bond acceptors (Lipinski definition) is 3. The summed E-state index contributed by atoms with van der Waals surface area (Å²) >= 11 is 0. The molecule has 2 aromatic carbocycles. The quantitative estimate of drug-likeness (QED) is 0.851. The van der Waals surface area contributed by atoms with Gasteiger partial charge in [0.05, 0.1) is 5.69 Å². The fourth-order valence-corrected chi connectivity index (χ4v) is 2.88. The van der Waals surface area contributed by atoms with Crippen molar-refractivity contribution in [3.8, 4) is 5.75 Å². The summed E-state index contributed by atoms with van der Waals surface area (Å²) in [5, 5.41) is 0. The highest BCUT2D eigenvalue weighted by Gasteiger charge is 2.29. The molecule has 0 radical (unpaired) electrons. The van der Waals surface area contributed by atoms with Gasteiger partial charge in [-0.05, 0) is 35.2 Å². The van der Waals surface area contributed by atoms with Crippen LogP contribution in [-0.2, 0) is 15.0 Å². The van der Waals surface area contributed by atoms with Crippen LogP contribution in [0, 0.1) is 0 Å². The summed E-state index contributed by atoms with van der Waals surface area (Å²) in [6.45, 7) is 6.30. The predicted molar refractivity (Wildman–Crippen MR) is 103 cm³/mol. The van der Waals surface area contributed by atoms with Gasteiger partial charge in [-0.3, -0.25) is 14.5 Å². The van der Waals surface area contributed by atoms with Gasteiger partial charge in [0.2, 0.25) is 5.91 Å². The molecule has 5 nitrogen and oxygen atoms in total. The number of nitrogens with zero attached hydrogens (tertiary/aromatic N) is 2. The van der Waals surface area contributed by atoms with Gasteiger partial charge < -0.3 is 9.64 Å². The Labute approximate surface area is 154 Å². The summed E-state index contributed by atoms with van der Waals surface area (Å²) < 4.78 is 5.61. The summed E-state index contributed by atoms with van der Waals surface area (Å²) in [4.78, 5) is 28.1. The third-order valence-corrected chi connectivity index (χ3v) is 4.58. The van der Waals surface area contributed by atoms with Crippen LogP contribution in [0.2, 0.25) is 0 Å². The molecule has 0 aromatic heterocycles. The summed E-state index contributed by atoms with van der Waals surface area (Å²) in [5.41, 5.74) is 2.54. The van der Waals surface area contributed by atoms with Crippen molar-refractivity contribution < 1.29 is 14.3 Å². The number of rotatable bonds is 3. The Kier molecular flexibility index (Phi) is 4.72. The van der Waals surface area contributed by atoms with E-state index in [2.05, 4.69) is 20.8 Å². The molecule has 5 heteroatoms. The van der Waals surface area contributed by atoms with E-state index in [4.69, 9.17) is 4.74 Å². The first-order chi connectivity index (χ1) is 12.3. The molecular weight excluding hydrogens is 328 g/mol. The number of hydrogen-bond donors (Lipinski definition) is 0. The van der Waals surface area contributed by atoms with Gasteiger partial charge in [0.15, 0.2) is 6.61 Å². The maximum atomic E-state index is 12.7. The number of para-hydroxylation sites is 1. The van der Waals surface area contributed by atoms with Gasteiger partial charge in [-0.15, -0.1) is 0 Å². The third-order valence-electron chi connectivity index (χ3n) is 4.58. The lowest BCUT2D eigenvalue weighted by Gasteiger charge is -2.31. The van der Waals surface area contributed by atoms with Crippen LogP contribution in [0.3, 0.4) is 0 Å². The van der Waals surface area contributed by atoms with Crippen LogP contribution >= 0.6 is 0 Å². The molecule has 0 fully saturated rings. The molecule has 0 unspecified atom stereocenters. The zero-order valence-corrected chi connectivity index (χ0v) is 15.7. The van der Waals surface area contributed by atoms with Gasteiger partial charge in [-0.25, -0.2) is 0 Å². The molecule has 1 heterocycles. The lowest BCUT2D eigenvalue weighted by molar-refractivity contribution is -0.124. The van der Waals surface area contributed by atoms with Crippen molar-refractivity contribution in [2.45, 2.75) is 26.2 Å². The minimum atomic E-state index is -0.212. The minimum absolute atomic E-state index is 0.0184. The second kappa shape index (κ2) is 6.83. The largest absolute Gasteiger partial charge is 0.482 e. The molecular formula is C21H24N2O3. The molecule has 0 bridgehead atoms. The highest BCUT2D eigenvalue weighted by molar-refractivity contribution is 6.05. The molecule has 0 atom stereocenters. The maximum absolute atomic E-state index is 12.7. The molecule has 1 aliphatic rings. The van der Waals surface area contributed by atoms with Crippen LogP contribution in [0.4, 0.5) is 11.4 Å². The van der Waals surface area contributed by atoms with Crippen molar-refractivity contribution in [3.05, 3.63) is 54.1 Å². The van der Waals surface area contributed by atoms with Gasteiger partial charge in [-0.2, -0.15) is 0 Å². The van der Waals surface area contributed by atoms with Crippen LogP contribution in [0.1, 0.15) is 26.3 Å². The van der Waals surface area contributed by atoms with Crippen molar-refractivity contribution in [1.29, 1.82) is 0 Å². The first-order valence-corrected chi connectivity index (χ1v) is 8.66. The van der Waals surface area contributed by atoms with E-state index < -0.39 is 0 Å². The summed E-state index contributed by atoms with van der Waals surface area (Å²) in [6.07, 6.45) is 0. The van der Waals surface area contributed by atoms with Crippen molar-refractivity contribution in [3.63, 3.8) is 0 Å². The monoisotopic (exact) mass is 352 g/mol. The SMILES string of the molecule is CN(C(=O)CN1C(=O)COc2cc(C(C)(C)C)ccc21)c1ccccc1. The number of likely N-dealkylation sites (N-methyl/N-ethyl adjacent to an activating group) is 1. The normalized spacial score (nSPS) is 13.8. The second-order valence-electron chi connectivity index (χ2n) is 7.49. The zero-order valence-electron chi connectivity index (χ0n) is 15.7. The average Bonchev–Trinajstić information content (AvgIpc) is 2.63. The second-order valence-corrected chi connectivity index (χ2v) is 7.49. The predicted octanol–water partition coefficient (Wildman–Crippen LogP) is 3.37. The van der Waals surface area contributed by atoms with E-state index in [1.165, 1.54) is 4.90 Å². The smallest absolute Gasteiger partial charge is 0.265 e. The van der Waals surface area contributed by atoms with Crippen LogP contribution in [0.25, 0.3) is 0 Å². The Balaban J connectivity index is 1.85. The van der Waals surface area contributed by atoms with E-state index in [1.54, 1.807) is 11.9 Å². The molecule has 1 aliphatic heterocycles. The van der Waals surface area contributed by atoms with E-state index in [0.29, 0.717) is 11.4 Å². The molecule has 2 aromatic rings. The Morgan fingerprint density at radius 2 is 1.85 bits per heavy atom. The van der Waals surface area contributed by atoms with Gasteiger partial charge in [0, 0.05) is 12.7 Å². The first-order valence-electron chi connectivity index (χ1n) is 8.66. The lowest BCUT2D eigenvalue weighted by atomic mass is 9.86. The Hall–Kier alpha value is -2.82. The average molecular weight is 352 g/mol. The Bertz CT molecular complexity index is 825. The van der Waals surface area contributed by atoms with Crippen LogP contribution < -0.4 is 14.5 Å². The number of carbonyl (C=O) groups excluding carboxylic acids is 2. The summed E-state index contributed by atoms with van der Waals surface area (Å²) in [7, 11) is 1.71. The van der Waals surface area contributed by atoms with Crippen molar-refractivity contribution in [2.24, 2.45) is 0 Å². The standard InChI is InChI=1S/C21H24N2O3/c1-21(2,3)15-10-11-17-18(12-15)26-14-20(25)23(17)13-19(24)22(4)16-8-6-5-7-9-16/h5-12H,13-14H2,1-4H3. The van der Waals surface area contributed by atoms with Crippen LogP contribution in [0.5, 0.6) is 5.75 Å². The molecule has 0 saturated carbocycles. The van der Waals surface area contributed by atoms with E-state index in [1.807, 2.05) is 48.5 Å². The topological polar surface area (TPSA) is 49.9 Å². The fraction of sp³-hybridized carbons (Fsp3) is 0.333. The minimum Gasteiger partial charge on any atom is -0.482 e. The molecule has 26 heavy (non-hydrogen) atoms. The Morgan fingerprint density at radius 1 is 1.15 bits per heavy atom. The molecule has 2 amide bonds. The molecule has 136 valence electrons. The van der Waals surface area contributed by atoms with E-state index in [9.17, 15) is 9.59 Å². The number of fused-ring (bicyclic) bond motifs is 1. The molecule has 0 saturated heterocycles. The highest BCUT2D eigenvalue weighted by Crippen LogP contribution is 2.36. The number of ether oxygens (including phenoxy) is 1. The number of benzene rings is 2. The van der Waals surface area contributed by atoms with Gasteiger partial charge >= 0.3 is 0 Å². The van der Waals surface area contributed by atoms with Crippen molar-refractivity contribution in [1.82, 2.24) is 0 Å². The maximum Gasteiger partial charge on any atom is 0.265 e. The molecule has 3 rings (SSSR count). The van der Waals surface area contributed by atoms with Crippen molar-refractivity contribution in [2.75, 3.05) is 30.0 Å². The van der Waals surface area contributed by atoms with Gasteiger partial charge in [0.25, 0.3) is 5.91 Å². The van der Waals surface area contributed by atoms with E-state index in [-0.39, 0.29) is 30.4 Å². The first kappa shape index (κ1) is 18.0. The van der Waals surface area contributed by atoms with Crippen LogP contribution in [0.15, 0.2) is 48.5 Å². The molecule has 0 aliphatic carbocycles. The zero-order chi connectivity index (χ0) is 18.9. The summed E-state index contributed by atoms with van der Waals surface area (Å²) in [5.74, 6) is 0.278. The van der Waals surface area contributed by atoms with E-state index >= 15 is 0 Å². The summed E-state index contributed by atoms with van der Waals surface area (Å²) in [6, 6.07) is 15.2. The third kappa shape index (κ3) is 3.57.